The number of hydrogen-bond donors (Lipinski definition) is 0. The summed E-state index contributed by atoms with van der Waals surface area (Å²) < 4.78 is 0. The van der Waals surface area contributed by atoms with Gasteiger partial charge in [-0.3, -0.25) is 0 Å². The van der Waals surface area contributed by atoms with E-state index in [1.54, 1.807) is 18.3 Å². The molecule has 4 heteroatoms. The van der Waals surface area contributed by atoms with Gasteiger partial charge in [-0.05, 0) is 17.7 Å². The van der Waals surface area contributed by atoms with Gasteiger partial charge in [0, 0.05) is 17.4 Å². The van der Waals surface area contributed by atoms with Gasteiger partial charge in [-0.2, -0.15) is 0 Å². The van der Waals surface area contributed by atoms with Crippen molar-refractivity contribution in [1.29, 1.82) is 0 Å². The van der Waals surface area contributed by atoms with Crippen LogP contribution < -0.4 is 0 Å². The van der Waals surface area contributed by atoms with Gasteiger partial charge >= 0.3 is 0 Å². The number of hydrogen-bond acceptors (Lipinski definition) is 2. The highest BCUT2D eigenvalue weighted by Gasteiger charge is 2.08. The lowest BCUT2D eigenvalue weighted by atomic mass is 10.1. The molecule has 0 aromatic carbocycles. The van der Waals surface area contributed by atoms with Crippen LogP contribution in [-0.2, 0) is 4.79 Å². The SMILES string of the molecule is O=CC(CBr)c1ccnc(Cl)c1. The summed E-state index contributed by atoms with van der Waals surface area (Å²) in [5.41, 5.74) is 0.891. The Kier molecular flexibility index (Phi) is 3.69. The molecule has 12 heavy (non-hydrogen) atoms. The maximum Gasteiger partial charge on any atom is 0.129 e. The highest BCUT2D eigenvalue weighted by molar-refractivity contribution is 9.09. The molecule has 64 valence electrons. The molecule has 1 aromatic heterocycles. The van der Waals surface area contributed by atoms with Crippen LogP contribution in [0.1, 0.15) is 11.5 Å². The van der Waals surface area contributed by atoms with Crippen LogP contribution in [0.4, 0.5) is 0 Å². The third kappa shape index (κ3) is 2.29. The smallest absolute Gasteiger partial charge is 0.129 e. The van der Waals surface area contributed by atoms with Crippen LogP contribution >= 0.6 is 27.5 Å². The molecule has 0 radical (unpaired) electrons. The summed E-state index contributed by atoms with van der Waals surface area (Å²) in [6.45, 7) is 0. The molecule has 1 unspecified atom stereocenters. The van der Waals surface area contributed by atoms with Crippen molar-refractivity contribution >= 4 is 33.8 Å². The van der Waals surface area contributed by atoms with E-state index in [-0.39, 0.29) is 5.92 Å². The first-order valence-electron chi connectivity index (χ1n) is 3.40. The molecule has 0 N–H and O–H groups in total. The molecule has 0 aliphatic rings. The van der Waals surface area contributed by atoms with Crippen molar-refractivity contribution in [3.05, 3.63) is 29.0 Å². The lowest BCUT2D eigenvalue weighted by Gasteiger charge is -2.05. The standard InChI is InChI=1S/C8H7BrClNO/c9-4-7(5-12)6-1-2-11-8(10)3-6/h1-3,5,7H,4H2. The third-order valence-corrected chi connectivity index (χ3v) is 2.41. The summed E-state index contributed by atoms with van der Waals surface area (Å²) >= 11 is 8.90. The fraction of sp³-hybridized carbons (Fsp3) is 0.250. The number of nitrogens with zero attached hydrogens (tertiary/aromatic N) is 1. The Balaban J connectivity index is 2.93. The molecule has 0 amide bonds. The molecule has 1 atom stereocenters. The monoisotopic (exact) mass is 247 g/mol. The predicted octanol–water partition coefficient (Wildman–Crippen LogP) is 2.41. The zero-order chi connectivity index (χ0) is 8.97. The van der Waals surface area contributed by atoms with Gasteiger partial charge in [-0.25, -0.2) is 4.98 Å². The Bertz CT molecular complexity index is 280. The van der Waals surface area contributed by atoms with Gasteiger partial charge in [-0.15, -0.1) is 0 Å². The van der Waals surface area contributed by atoms with E-state index in [1.807, 2.05) is 0 Å². The summed E-state index contributed by atoms with van der Waals surface area (Å²) in [6.07, 6.45) is 2.48. The number of aromatic nitrogens is 1. The van der Waals surface area contributed by atoms with Gasteiger partial charge in [0.15, 0.2) is 0 Å². The number of carbonyl (C=O) groups is 1. The number of carbonyl (C=O) groups excluding carboxylic acids is 1. The van der Waals surface area contributed by atoms with E-state index in [0.717, 1.165) is 11.8 Å². The summed E-state index contributed by atoms with van der Waals surface area (Å²) in [4.78, 5) is 14.4. The Morgan fingerprint density at radius 3 is 3.00 bits per heavy atom. The van der Waals surface area contributed by atoms with Gasteiger partial charge < -0.3 is 4.79 Å². The minimum absolute atomic E-state index is 0.134. The summed E-state index contributed by atoms with van der Waals surface area (Å²) in [7, 11) is 0. The molecule has 0 bridgehead atoms. The summed E-state index contributed by atoms with van der Waals surface area (Å²) in [5.74, 6) is -0.134. The van der Waals surface area contributed by atoms with E-state index >= 15 is 0 Å². The van der Waals surface area contributed by atoms with Crippen LogP contribution in [0.2, 0.25) is 5.15 Å². The van der Waals surface area contributed by atoms with Crippen molar-refractivity contribution < 1.29 is 4.79 Å². The number of alkyl halides is 1. The topological polar surface area (TPSA) is 30.0 Å². The van der Waals surface area contributed by atoms with Crippen molar-refractivity contribution in [2.75, 3.05) is 5.33 Å². The van der Waals surface area contributed by atoms with Crippen LogP contribution in [0.15, 0.2) is 18.3 Å². The van der Waals surface area contributed by atoms with Crippen LogP contribution in [-0.4, -0.2) is 16.6 Å². The normalized spacial score (nSPS) is 12.5. The maximum absolute atomic E-state index is 10.6. The Hall–Kier alpha value is -0.410. The molecule has 1 rings (SSSR count). The van der Waals surface area contributed by atoms with E-state index in [0.29, 0.717) is 10.5 Å². The zero-order valence-corrected chi connectivity index (χ0v) is 8.55. The van der Waals surface area contributed by atoms with Crippen molar-refractivity contribution in [3.8, 4) is 0 Å². The minimum Gasteiger partial charge on any atom is -0.303 e. The fourth-order valence-electron chi connectivity index (χ4n) is 0.852. The van der Waals surface area contributed by atoms with Gasteiger partial charge in [0.2, 0.25) is 0 Å². The average Bonchev–Trinajstić information content (AvgIpc) is 2.07. The number of halogens is 2. The van der Waals surface area contributed by atoms with E-state index in [2.05, 4.69) is 20.9 Å². The van der Waals surface area contributed by atoms with E-state index in [9.17, 15) is 4.79 Å². The predicted molar refractivity (Wildman–Crippen MR) is 51.8 cm³/mol. The van der Waals surface area contributed by atoms with Crippen molar-refractivity contribution in [1.82, 2.24) is 4.98 Å². The van der Waals surface area contributed by atoms with Crippen molar-refractivity contribution in [3.63, 3.8) is 0 Å². The van der Waals surface area contributed by atoms with Crippen LogP contribution in [0.3, 0.4) is 0 Å². The van der Waals surface area contributed by atoms with Gasteiger partial charge in [0.05, 0.1) is 0 Å². The number of pyridine rings is 1. The first-order valence-corrected chi connectivity index (χ1v) is 4.90. The fourth-order valence-corrected chi connectivity index (χ4v) is 1.56. The molecule has 0 fully saturated rings. The number of rotatable bonds is 3. The van der Waals surface area contributed by atoms with Gasteiger partial charge in [0.1, 0.15) is 11.4 Å². The molecular weight excluding hydrogens is 241 g/mol. The molecular formula is C8H7BrClNO. The molecule has 2 nitrogen and oxygen atoms in total. The Labute approximate surface area is 84.1 Å². The van der Waals surface area contributed by atoms with E-state index in [1.165, 1.54) is 0 Å². The molecule has 0 saturated heterocycles. The van der Waals surface area contributed by atoms with Crippen LogP contribution in [0.25, 0.3) is 0 Å². The Morgan fingerprint density at radius 1 is 1.75 bits per heavy atom. The average molecular weight is 249 g/mol. The quantitative estimate of drug-likeness (QED) is 0.467. The van der Waals surface area contributed by atoms with E-state index < -0.39 is 0 Å². The largest absolute Gasteiger partial charge is 0.303 e. The Morgan fingerprint density at radius 2 is 2.50 bits per heavy atom. The molecule has 1 heterocycles. The lowest BCUT2D eigenvalue weighted by Crippen LogP contribution is -2.01. The number of aldehydes is 1. The van der Waals surface area contributed by atoms with Crippen LogP contribution in [0.5, 0.6) is 0 Å². The first kappa shape index (κ1) is 9.68. The maximum atomic E-state index is 10.6. The third-order valence-electron chi connectivity index (χ3n) is 1.51. The molecule has 0 spiro atoms. The zero-order valence-electron chi connectivity index (χ0n) is 6.21. The first-order chi connectivity index (χ1) is 5.77. The van der Waals surface area contributed by atoms with Gasteiger partial charge in [0.25, 0.3) is 0 Å². The molecule has 0 saturated carbocycles. The van der Waals surface area contributed by atoms with Crippen molar-refractivity contribution in [2.45, 2.75) is 5.92 Å². The summed E-state index contributed by atoms with van der Waals surface area (Å²) in [6, 6.07) is 3.48. The second-order valence-electron chi connectivity index (χ2n) is 2.31. The van der Waals surface area contributed by atoms with Crippen LogP contribution in [0, 0.1) is 0 Å². The molecule has 1 aromatic rings. The minimum atomic E-state index is -0.134. The highest BCUT2D eigenvalue weighted by atomic mass is 79.9. The van der Waals surface area contributed by atoms with Crippen molar-refractivity contribution in [2.24, 2.45) is 0 Å². The highest BCUT2D eigenvalue weighted by Crippen LogP contribution is 2.17. The summed E-state index contributed by atoms with van der Waals surface area (Å²) in [5, 5.41) is 1.02. The van der Waals surface area contributed by atoms with Gasteiger partial charge in [-0.1, -0.05) is 27.5 Å². The second-order valence-corrected chi connectivity index (χ2v) is 3.34. The molecule has 0 aliphatic heterocycles. The lowest BCUT2D eigenvalue weighted by molar-refractivity contribution is -0.108. The second kappa shape index (κ2) is 4.58. The molecule has 0 aliphatic carbocycles. The van der Waals surface area contributed by atoms with E-state index in [4.69, 9.17) is 11.6 Å².